The third kappa shape index (κ3) is 5.73. The van der Waals surface area contributed by atoms with E-state index in [0.29, 0.717) is 19.3 Å². The van der Waals surface area contributed by atoms with Crippen LogP contribution in [0.4, 0.5) is 0 Å². The third-order valence-corrected chi connectivity index (χ3v) is 13.6. The molecule has 6 rings (SSSR count). The maximum atomic E-state index is 11.7. The van der Waals surface area contributed by atoms with Crippen LogP contribution in [-0.4, -0.2) is 98.8 Å². The zero-order valence-corrected chi connectivity index (χ0v) is 29.0. The minimum atomic E-state index is -1.55. The largest absolute Gasteiger partial charge is 0.393 e. The summed E-state index contributed by atoms with van der Waals surface area (Å²) in [7, 11) is 0. The average Bonchev–Trinajstić information content (AvgIpc) is 3.72. The summed E-state index contributed by atoms with van der Waals surface area (Å²) in [6.07, 6.45) is 4.66. The predicted octanol–water partition coefficient (Wildman–Crippen LogP) is 3.73. The summed E-state index contributed by atoms with van der Waals surface area (Å²) in [5.41, 5.74) is -1.09. The Hall–Kier alpha value is -0.690. The van der Waals surface area contributed by atoms with Crippen molar-refractivity contribution in [3.8, 4) is 0 Å². The molecule has 6 fully saturated rings. The van der Waals surface area contributed by atoms with Gasteiger partial charge in [0.1, 0.15) is 6.29 Å². The van der Waals surface area contributed by atoms with Crippen molar-refractivity contribution in [2.45, 2.75) is 172 Å². The minimum absolute atomic E-state index is 0.104. The number of hydrogen-bond acceptors (Lipinski definition) is 10. The zero-order chi connectivity index (χ0) is 33.4. The summed E-state index contributed by atoms with van der Waals surface area (Å²) < 4.78 is 33.8. The van der Waals surface area contributed by atoms with Crippen LogP contribution >= 0.6 is 0 Å². The van der Waals surface area contributed by atoms with E-state index in [1.807, 2.05) is 20.8 Å². The fourth-order valence-electron chi connectivity index (χ4n) is 10.8. The first-order valence-corrected chi connectivity index (χ1v) is 18.2. The molecule has 4 N–H and O–H groups in total. The van der Waals surface area contributed by atoms with Gasteiger partial charge in [0.15, 0.2) is 11.6 Å². The molecule has 10 nitrogen and oxygen atoms in total. The van der Waals surface area contributed by atoms with Crippen molar-refractivity contribution in [2.24, 2.45) is 41.4 Å². The summed E-state index contributed by atoms with van der Waals surface area (Å²) >= 11 is 0. The van der Waals surface area contributed by atoms with E-state index in [2.05, 4.69) is 27.7 Å². The number of ether oxygens (including phenoxy) is 5. The van der Waals surface area contributed by atoms with Gasteiger partial charge in [-0.05, 0) is 75.5 Å². The predicted molar refractivity (Wildman–Crippen MR) is 168 cm³/mol. The van der Waals surface area contributed by atoms with E-state index in [-0.39, 0.29) is 71.9 Å². The van der Waals surface area contributed by atoms with Crippen molar-refractivity contribution in [2.75, 3.05) is 6.61 Å². The van der Waals surface area contributed by atoms with Gasteiger partial charge in [0.05, 0.1) is 60.5 Å². The highest BCUT2D eigenvalue weighted by molar-refractivity contribution is 5.53. The molecule has 5 saturated heterocycles. The number of carbonyl (C=O) groups excluding carboxylic acids is 1. The molecule has 1 aliphatic carbocycles. The molecule has 0 aromatic rings. The van der Waals surface area contributed by atoms with Crippen LogP contribution in [0.5, 0.6) is 0 Å². The number of aliphatic hydroxyl groups excluding tert-OH is 3. The Morgan fingerprint density at radius 3 is 2.35 bits per heavy atom. The van der Waals surface area contributed by atoms with Gasteiger partial charge >= 0.3 is 0 Å². The molecular formula is C36H60O10. The average molecular weight is 653 g/mol. The Balaban J connectivity index is 1.15. The molecule has 6 aliphatic rings. The quantitative estimate of drug-likeness (QED) is 0.301. The lowest BCUT2D eigenvalue weighted by molar-refractivity contribution is -0.344. The van der Waals surface area contributed by atoms with Crippen molar-refractivity contribution in [3.63, 3.8) is 0 Å². The van der Waals surface area contributed by atoms with Crippen LogP contribution in [-0.2, 0) is 28.5 Å². The van der Waals surface area contributed by atoms with Crippen LogP contribution in [0.15, 0.2) is 0 Å². The monoisotopic (exact) mass is 652 g/mol. The van der Waals surface area contributed by atoms with Gasteiger partial charge < -0.3 is 48.9 Å². The lowest BCUT2D eigenvalue weighted by Gasteiger charge is -2.54. The first-order valence-electron chi connectivity index (χ1n) is 18.2. The number of aliphatic hydroxyl groups is 4. The molecule has 0 bridgehead atoms. The molecule has 264 valence electrons. The van der Waals surface area contributed by atoms with E-state index in [1.54, 1.807) is 0 Å². The molecule has 5 heterocycles. The van der Waals surface area contributed by atoms with E-state index >= 15 is 0 Å². The van der Waals surface area contributed by atoms with Crippen LogP contribution in [0.25, 0.3) is 0 Å². The van der Waals surface area contributed by atoms with E-state index in [4.69, 9.17) is 23.7 Å². The maximum absolute atomic E-state index is 11.7. The number of rotatable bonds is 7. The second-order valence-corrected chi connectivity index (χ2v) is 16.6. The Kier molecular flexibility index (Phi) is 9.61. The molecule has 1 saturated carbocycles. The third-order valence-electron chi connectivity index (χ3n) is 13.6. The second-order valence-electron chi connectivity index (χ2n) is 16.6. The molecule has 18 atom stereocenters. The Bertz CT molecular complexity index is 1110. The lowest BCUT2D eigenvalue weighted by Crippen LogP contribution is -2.60. The highest BCUT2D eigenvalue weighted by atomic mass is 16.7. The van der Waals surface area contributed by atoms with Gasteiger partial charge in [-0.2, -0.15) is 0 Å². The Morgan fingerprint density at radius 1 is 0.935 bits per heavy atom. The van der Waals surface area contributed by atoms with E-state index in [0.717, 1.165) is 44.8 Å². The van der Waals surface area contributed by atoms with Crippen molar-refractivity contribution < 1.29 is 48.9 Å². The summed E-state index contributed by atoms with van der Waals surface area (Å²) in [4.78, 5) is 11.7. The van der Waals surface area contributed by atoms with Gasteiger partial charge in [0.25, 0.3) is 0 Å². The molecule has 0 aromatic heterocycles. The summed E-state index contributed by atoms with van der Waals surface area (Å²) in [6.45, 7) is 14.0. The van der Waals surface area contributed by atoms with Gasteiger partial charge in [-0.15, -0.1) is 0 Å². The first kappa shape index (κ1) is 35.1. The van der Waals surface area contributed by atoms with Gasteiger partial charge in [-0.25, -0.2) is 0 Å². The molecule has 0 radical (unpaired) electrons. The van der Waals surface area contributed by atoms with Crippen molar-refractivity contribution in [3.05, 3.63) is 0 Å². The Labute approximate surface area is 274 Å². The standard InChI is InChI=1S/C36H60O10/c1-8-34(32-20(3)14-27(42-32)30-19(2)13-22(5)36(41,18-38)45-30)10-9-28(43-34)33(7)11-12-35(46-33)16-26(40)24-15-25(39)29(21(4)17-37)23(6)31(24)44-35/h17,19-32,38-41H,8-16,18H2,1-7H3/t19?,20-,21+,22+,23-,24+,25+,26-,27-,28+,29?,30-,31+,32+,33-,34-,35+,36?/m0/s1. The van der Waals surface area contributed by atoms with Gasteiger partial charge in [0.2, 0.25) is 0 Å². The smallest absolute Gasteiger partial charge is 0.192 e. The van der Waals surface area contributed by atoms with Crippen LogP contribution in [0.3, 0.4) is 0 Å². The van der Waals surface area contributed by atoms with Crippen molar-refractivity contribution >= 4 is 6.29 Å². The zero-order valence-electron chi connectivity index (χ0n) is 29.0. The van der Waals surface area contributed by atoms with Gasteiger partial charge in [0, 0.05) is 30.6 Å². The fourth-order valence-corrected chi connectivity index (χ4v) is 10.8. The van der Waals surface area contributed by atoms with E-state index in [1.165, 1.54) is 0 Å². The molecule has 0 aromatic carbocycles. The minimum Gasteiger partial charge on any atom is -0.393 e. The number of aldehydes is 1. The summed E-state index contributed by atoms with van der Waals surface area (Å²) in [5, 5.41) is 43.1. The summed E-state index contributed by atoms with van der Waals surface area (Å²) in [6, 6.07) is 0. The maximum Gasteiger partial charge on any atom is 0.192 e. The molecular weight excluding hydrogens is 592 g/mol. The lowest BCUT2D eigenvalue weighted by atomic mass is 9.64. The van der Waals surface area contributed by atoms with Crippen LogP contribution in [0, 0.1) is 41.4 Å². The topological polar surface area (TPSA) is 144 Å². The normalized spacial score (nSPS) is 56.6. The van der Waals surface area contributed by atoms with E-state index in [9.17, 15) is 25.2 Å². The number of fused-ring (bicyclic) bond motifs is 1. The van der Waals surface area contributed by atoms with Crippen LogP contribution < -0.4 is 0 Å². The molecule has 1 spiro atoms. The SMILES string of the molecule is CC[C@@]1([C@@H]2O[C@H]([C@H]3OC(O)(CO)[C@H](C)CC3C)C[C@@H]2C)CC[C@H]([C@]2(C)CC[C@]3(C[C@H](O)[C@H]4C[C@@H](O)C([C@H](C)C=O)[C@H](C)[C@H]4O3)O2)O1. The van der Waals surface area contributed by atoms with Gasteiger partial charge in [-0.3, -0.25) is 0 Å². The highest BCUT2D eigenvalue weighted by Gasteiger charge is 2.63. The Morgan fingerprint density at radius 2 is 1.67 bits per heavy atom. The van der Waals surface area contributed by atoms with Crippen LogP contribution in [0.2, 0.25) is 0 Å². The van der Waals surface area contributed by atoms with Crippen molar-refractivity contribution in [1.29, 1.82) is 0 Å². The molecule has 46 heavy (non-hydrogen) atoms. The van der Waals surface area contributed by atoms with Crippen molar-refractivity contribution in [1.82, 2.24) is 0 Å². The molecule has 5 aliphatic heterocycles. The molecule has 3 unspecified atom stereocenters. The highest BCUT2D eigenvalue weighted by Crippen LogP contribution is 2.56. The molecule has 10 heteroatoms. The molecule has 0 amide bonds. The summed E-state index contributed by atoms with van der Waals surface area (Å²) in [5.74, 6) is -3.06. The van der Waals surface area contributed by atoms with E-state index < -0.39 is 41.6 Å². The number of carbonyl (C=O) groups is 1. The van der Waals surface area contributed by atoms with Crippen LogP contribution in [0.1, 0.15) is 106 Å². The second kappa shape index (κ2) is 12.6. The first-order chi connectivity index (χ1) is 21.6. The number of hydrogen-bond donors (Lipinski definition) is 4. The fraction of sp³-hybridized carbons (Fsp3) is 0.972. The van der Waals surface area contributed by atoms with Gasteiger partial charge in [-0.1, -0.05) is 41.5 Å².